The molecule has 0 saturated carbocycles. The van der Waals surface area contributed by atoms with E-state index in [9.17, 15) is 5.11 Å². The van der Waals surface area contributed by atoms with Gasteiger partial charge in [0.25, 0.3) is 0 Å². The van der Waals surface area contributed by atoms with Crippen LogP contribution in [0, 0.1) is 6.92 Å². The summed E-state index contributed by atoms with van der Waals surface area (Å²) in [7, 11) is 0. The molecule has 0 bridgehead atoms. The smallest absolute Gasteiger partial charge is 0.143 e. The molecule has 0 aliphatic carbocycles. The Balaban J connectivity index is 2.11. The van der Waals surface area contributed by atoms with Crippen LogP contribution in [0.25, 0.3) is 10.8 Å². The zero-order chi connectivity index (χ0) is 14.8. The summed E-state index contributed by atoms with van der Waals surface area (Å²) in [6.45, 7) is 1.96. The summed E-state index contributed by atoms with van der Waals surface area (Å²) in [5, 5.41) is 20.8. The molecular weight excluding hydrogens is 284 g/mol. The molecule has 1 N–H and O–H groups in total. The lowest BCUT2D eigenvalue weighted by Gasteiger charge is -2.04. The summed E-state index contributed by atoms with van der Waals surface area (Å²) >= 11 is 6.10. The predicted octanol–water partition coefficient (Wildman–Crippen LogP) is 5.92. The van der Waals surface area contributed by atoms with Gasteiger partial charge in [0.05, 0.1) is 5.02 Å². The molecule has 3 nitrogen and oxygen atoms in total. The third-order valence-corrected chi connectivity index (χ3v) is 3.56. The monoisotopic (exact) mass is 296 g/mol. The molecular formula is C17H13ClN2O. The molecule has 0 amide bonds. The van der Waals surface area contributed by atoms with E-state index in [0.29, 0.717) is 16.4 Å². The predicted molar refractivity (Wildman–Crippen MR) is 86.0 cm³/mol. The van der Waals surface area contributed by atoms with Gasteiger partial charge in [-0.25, -0.2) is 0 Å². The number of phenolic OH excluding ortho intramolecular Hbond substituents is 1. The highest BCUT2D eigenvalue weighted by Gasteiger charge is 2.06. The lowest BCUT2D eigenvalue weighted by molar-refractivity contribution is 0.477. The number of benzene rings is 3. The maximum atomic E-state index is 10.0. The van der Waals surface area contributed by atoms with Crippen LogP contribution in [0.5, 0.6) is 5.75 Å². The maximum absolute atomic E-state index is 10.0. The van der Waals surface area contributed by atoms with Crippen LogP contribution < -0.4 is 0 Å². The number of aromatic hydroxyl groups is 1. The highest BCUT2D eigenvalue weighted by atomic mass is 35.5. The van der Waals surface area contributed by atoms with Crippen molar-refractivity contribution in [3.8, 4) is 5.75 Å². The molecule has 21 heavy (non-hydrogen) atoms. The zero-order valence-electron chi connectivity index (χ0n) is 11.4. The van der Waals surface area contributed by atoms with Gasteiger partial charge in [-0.2, -0.15) is 0 Å². The minimum Gasteiger partial charge on any atom is -0.506 e. The van der Waals surface area contributed by atoms with E-state index in [0.717, 1.165) is 16.3 Å². The minimum atomic E-state index is 0.0984. The minimum absolute atomic E-state index is 0.0984. The van der Waals surface area contributed by atoms with Gasteiger partial charge in [0.1, 0.15) is 17.1 Å². The number of rotatable bonds is 2. The van der Waals surface area contributed by atoms with Gasteiger partial charge in [-0.05, 0) is 36.1 Å². The molecule has 0 aliphatic heterocycles. The second-order valence-corrected chi connectivity index (χ2v) is 5.22. The van der Waals surface area contributed by atoms with Gasteiger partial charge < -0.3 is 5.11 Å². The second-order valence-electron chi connectivity index (χ2n) is 4.81. The Morgan fingerprint density at radius 2 is 1.76 bits per heavy atom. The van der Waals surface area contributed by atoms with Crippen LogP contribution in [0.3, 0.4) is 0 Å². The quantitative estimate of drug-likeness (QED) is 0.586. The van der Waals surface area contributed by atoms with Gasteiger partial charge in [-0.3, -0.25) is 0 Å². The van der Waals surface area contributed by atoms with Gasteiger partial charge in [-0.15, -0.1) is 10.2 Å². The summed E-state index contributed by atoms with van der Waals surface area (Å²) in [6.07, 6.45) is 0. The van der Waals surface area contributed by atoms with E-state index in [-0.39, 0.29) is 5.75 Å². The van der Waals surface area contributed by atoms with Crippen molar-refractivity contribution in [2.45, 2.75) is 6.92 Å². The van der Waals surface area contributed by atoms with E-state index in [1.165, 1.54) is 0 Å². The van der Waals surface area contributed by atoms with Crippen LogP contribution in [-0.4, -0.2) is 5.11 Å². The maximum Gasteiger partial charge on any atom is 0.143 e. The van der Waals surface area contributed by atoms with Crippen molar-refractivity contribution in [2.24, 2.45) is 10.2 Å². The third-order valence-electron chi connectivity index (χ3n) is 3.24. The Kier molecular flexibility index (Phi) is 3.59. The average molecular weight is 297 g/mol. The largest absolute Gasteiger partial charge is 0.506 e. The normalized spacial score (nSPS) is 11.3. The third kappa shape index (κ3) is 2.73. The average Bonchev–Trinajstić information content (AvgIpc) is 2.49. The van der Waals surface area contributed by atoms with E-state index < -0.39 is 0 Å². The first-order chi connectivity index (χ1) is 10.1. The molecule has 0 unspecified atom stereocenters. The molecule has 0 heterocycles. The van der Waals surface area contributed by atoms with Crippen LogP contribution in [-0.2, 0) is 0 Å². The molecule has 104 valence electrons. The molecule has 3 aromatic rings. The van der Waals surface area contributed by atoms with Crippen molar-refractivity contribution in [1.29, 1.82) is 0 Å². The number of aryl methyl sites for hydroxylation is 1. The fourth-order valence-corrected chi connectivity index (χ4v) is 2.31. The van der Waals surface area contributed by atoms with Gasteiger partial charge >= 0.3 is 0 Å². The number of fused-ring (bicyclic) bond motifs is 1. The van der Waals surface area contributed by atoms with Crippen LogP contribution in [0.1, 0.15) is 5.56 Å². The number of hydrogen-bond acceptors (Lipinski definition) is 3. The number of nitrogens with zero attached hydrogens (tertiary/aromatic N) is 2. The highest BCUT2D eigenvalue weighted by molar-refractivity contribution is 6.32. The van der Waals surface area contributed by atoms with Crippen molar-refractivity contribution in [1.82, 2.24) is 0 Å². The number of azo groups is 1. The standard InChI is InChI=1S/C17H13ClN2O/c1-11-6-8-14(18)15(10-11)19-20-17-13-5-3-2-4-12(13)7-9-16(17)21/h2-10,21H,1H3. The van der Waals surface area contributed by atoms with Gasteiger partial charge in [0.2, 0.25) is 0 Å². The van der Waals surface area contributed by atoms with Gasteiger partial charge in [-0.1, -0.05) is 48.0 Å². The fourth-order valence-electron chi connectivity index (χ4n) is 2.15. The Morgan fingerprint density at radius 1 is 0.952 bits per heavy atom. The van der Waals surface area contributed by atoms with Crippen molar-refractivity contribution in [3.05, 3.63) is 65.2 Å². The molecule has 0 aliphatic rings. The molecule has 0 aromatic heterocycles. The Bertz CT molecular complexity index is 843. The fraction of sp³-hybridized carbons (Fsp3) is 0.0588. The summed E-state index contributed by atoms with van der Waals surface area (Å²) < 4.78 is 0. The van der Waals surface area contributed by atoms with E-state index >= 15 is 0 Å². The SMILES string of the molecule is Cc1ccc(Cl)c(N=Nc2c(O)ccc3ccccc23)c1. The molecule has 0 fully saturated rings. The molecule has 0 spiro atoms. The summed E-state index contributed by atoms with van der Waals surface area (Å²) in [5.74, 6) is 0.0984. The van der Waals surface area contributed by atoms with Crippen molar-refractivity contribution >= 4 is 33.7 Å². The van der Waals surface area contributed by atoms with Gasteiger partial charge in [0, 0.05) is 5.39 Å². The number of hydrogen-bond donors (Lipinski definition) is 1. The number of phenols is 1. The second kappa shape index (κ2) is 5.54. The summed E-state index contributed by atoms with van der Waals surface area (Å²) in [4.78, 5) is 0. The molecule has 3 rings (SSSR count). The lowest BCUT2D eigenvalue weighted by atomic mass is 10.1. The van der Waals surface area contributed by atoms with Crippen molar-refractivity contribution in [3.63, 3.8) is 0 Å². The summed E-state index contributed by atoms with van der Waals surface area (Å²) in [6, 6.07) is 16.7. The molecule has 0 radical (unpaired) electrons. The zero-order valence-corrected chi connectivity index (χ0v) is 12.2. The van der Waals surface area contributed by atoms with Crippen molar-refractivity contribution in [2.75, 3.05) is 0 Å². The van der Waals surface area contributed by atoms with Gasteiger partial charge in [0.15, 0.2) is 0 Å². The first-order valence-electron chi connectivity index (χ1n) is 6.54. The highest BCUT2D eigenvalue weighted by Crippen LogP contribution is 2.36. The molecule has 0 saturated heterocycles. The Hall–Kier alpha value is -2.39. The van der Waals surface area contributed by atoms with Crippen LogP contribution in [0.2, 0.25) is 5.02 Å². The molecule has 0 atom stereocenters. The first kappa shape index (κ1) is 13.6. The topological polar surface area (TPSA) is 45.0 Å². The lowest BCUT2D eigenvalue weighted by Crippen LogP contribution is -1.75. The van der Waals surface area contributed by atoms with E-state index in [1.54, 1.807) is 12.1 Å². The summed E-state index contributed by atoms with van der Waals surface area (Å²) in [5.41, 5.74) is 2.09. The van der Waals surface area contributed by atoms with E-state index in [2.05, 4.69) is 10.2 Å². The molecule has 3 aromatic carbocycles. The van der Waals surface area contributed by atoms with E-state index in [1.807, 2.05) is 49.4 Å². The molecule has 4 heteroatoms. The van der Waals surface area contributed by atoms with Crippen molar-refractivity contribution < 1.29 is 5.11 Å². The van der Waals surface area contributed by atoms with Crippen LogP contribution >= 0.6 is 11.6 Å². The Morgan fingerprint density at radius 3 is 2.62 bits per heavy atom. The van der Waals surface area contributed by atoms with E-state index in [4.69, 9.17) is 11.6 Å². The Labute approximate surface area is 127 Å². The number of halogens is 1. The first-order valence-corrected chi connectivity index (χ1v) is 6.91. The van der Waals surface area contributed by atoms with Crippen LogP contribution in [0.15, 0.2) is 64.8 Å². The van der Waals surface area contributed by atoms with Crippen LogP contribution in [0.4, 0.5) is 11.4 Å².